The van der Waals surface area contributed by atoms with Crippen molar-refractivity contribution in [1.82, 2.24) is 19.8 Å². The number of amides is 1. The first-order valence-electron chi connectivity index (χ1n) is 8.07. The van der Waals surface area contributed by atoms with Gasteiger partial charge in [-0.05, 0) is 42.8 Å². The minimum absolute atomic E-state index is 0.149. The van der Waals surface area contributed by atoms with E-state index < -0.39 is 5.91 Å². The Morgan fingerprint density at radius 3 is 2.67 bits per heavy atom. The average molecular weight is 382 g/mol. The maximum absolute atomic E-state index is 13.2. The Kier molecular flexibility index (Phi) is 4.29. The third kappa shape index (κ3) is 3.24. The number of carbonyl (C=O) groups is 1. The number of nitrogens with zero attached hydrogens (tertiary/aromatic N) is 4. The molecule has 6 nitrogen and oxygen atoms in total. The zero-order valence-electron chi connectivity index (χ0n) is 14.1. The van der Waals surface area contributed by atoms with Gasteiger partial charge in [0.25, 0.3) is 5.91 Å². The van der Waals surface area contributed by atoms with Gasteiger partial charge in [-0.3, -0.25) is 4.79 Å². The molecule has 0 aliphatic rings. The molecule has 0 atom stereocenters. The highest BCUT2D eigenvalue weighted by atomic mass is 35.5. The van der Waals surface area contributed by atoms with Crippen LogP contribution in [0.3, 0.4) is 0 Å². The molecule has 2 aromatic carbocycles. The Bertz CT molecular complexity index is 1160. The molecule has 0 saturated carbocycles. The van der Waals surface area contributed by atoms with E-state index in [9.17, 15) is 9.18 Å². The Morgan fingerprint density at radius 2 is 1.93 bits per heavy atom. The highest BCUT2D eigenvalue weighted by Crippen LogP contribution is 2.24. The number of aryl methyl sites for hydroxylation is 1. The molecule has 0 fully saturated rings. The summed E-state index contributed by atoms with van der Waals surface area (Å²) in [6.45, 7) is 1.73. The molecule has 0 bridgehead atoms. The molecule has 0 spiro atoms. The maximum atomic E-state index is 13.2. The SMILES string of the molecule is Cc1c(C(=O)Nc2cccc(Cl)c2)nnc2c(-c3ccc(F)cc3)cnn12. The van der Waals surface area contributed by atoms with E-state index in [1.807, 2.05) is 0 Å². The van der Waals surface area contributed by atoms with Gasteiger partial charge in [0.05, 0.1) is 11.9 Å². The van der Waals surface area contributed by atoms with E-state index in [2.05, 4.69) is 20.6 Å². The van der Waals surface area contributed by atoms with Crippen molar-refractivity contribution in [2.24, 2.45) is 0 Å². The zero-order chi connectivity index (χ0) is 19.0. The van der Waals surface area contributed by atoms with Gasteiger partial charge in [-0.15, -0.1) is 10.2 Å². The van der Waals surface area contributed by atoms with Crippen molar-refractivity contribution in [2.45, 2.75) is 6.92 Å². The molecule has 8 heteroatoms. The van der Waals surface area contributed by atoms with Crippen molar-refractivity contribution >= 4 is 28.8 Å². The molecular weight excluding hydrogens is 369 g/mol. The van der Waals surface area contributed by atoms with Crippen LogP contribution in [0, 0.1) is 12.7 Å². The Labute approximate surface area is 158 Å². The predicted octanol–water partition coefficient (Wildman–Crippen LogP) is 4.14. The predicted molar refractivity (Wildman–Crippen MR) is 100 cm³/mol. The number of carbonyl (C=O) groups excluding carboxylic acids is 1. The van der Waals surface area contributed by atoms with Crippen LogP contribution in [-0.2, 0) is 0 Å². The van der Waals surface area contributed by atoms with E-state index in [1.54, 1.807) is 54.0 Å². The van der Waals surface area contributed by atoms with Crippen molar-refractivity contribution in [2.75, 3.05) is 5.32 Å². The first kappa shape index (κ1) is 17.1. The number of halogens is 2. The summed E-state index contributed by atoms with van der Waals surface area (Å²) in [6, 6.07) is 12.8. The van der Waals surface area contributed by atoms with Gasteiger partial charge in [0.15, 0.2) is 11.3 Å². The van der Waals surface area contributed by atoms with Gasteiger partial charge >= 0.3 is 0 Å². The molecule has 4 rings (SSSR count). The van der Waals surface area contributed by atoms with Crippen molar-refractivity contribution in [1.29, 1.82) is 0 Å². The number of benzene rings is 2. The lowest BCUT2D eigenvalue weighted by atomic mass is 10.1. The molecule has 134 valence electrons. The Hall–Kier alpha value is -3.32. The molecular formula is C19H13ClFN5O. The summed E-state index contributed by atoms with van der Waals surface area (Å²) >= 11 is 5.94. The second kappa shape index (κ2) is 6.77. The fourth-order valence-corrected chi connectivity index (χ4v) is 2.94. The zero-order valence-corrected chi connectivity index (χ0v) is 14.9. The highest BCUT2D eigenvalue weighted by Gasteiger charge is 2.18. The topological polar surface area (TPSA) is 72.2 Å². The van der Waals surface area contributed by atoms with Crippen LogP contribution in [0.1, 0.15) is 16.2 Å². The molecule has 2 heterocycles. The number of hydrogen-bond donors (Lipinski definition) is 1. The van der Waals surface area contributed by atoms with E-state index in [0.29, 0.717) is 27.6 Å². The van der Waals surface area contributed by atoms with Crippen LogP contribution in [0.2, 0.25) is 5.02 Å². The van der Waals surface area contributed by atoms with Gasteiger partial charge in [0, 0.05) is 16.3 Å². The number of hydrogen-bond acceptors (Lipinski definition) is 4. The normalized spacial score (nSPS) is 10.9. The van der Waals surface area contributed by atoms with Gasteiger partial charge in [-0.1, -0.05) is 29.8 Å². The Morgan fingerprint density at radius 1 is 1.15 bits per heavy atom. The van der Waals surface area contributed by atoms with Crippen LogP contribution in [0.4, 0.5) is 10.1 Å². The van der Waals surface area contributed by atoms with Gasteiger partial charge in [0.1, 0.15) is 5.82 Å². The van der Waals surface area contributed by atoms with E-state index in [1.165, 1.54) is 12.1 Å². The minimum Gasteiger partial charge on any atom is -0.320 e. The summed E-state index contributed by atoms with van der Waals surface area (Å²) in [6.07, 6.45) is 1.61. The van der Waals surface area contributed by atoms with Crippen LogP contribution >= 0.6 is 11.6 Å². The van der Waals surface area contributed by atoms with E-state index in [-0.39, 0.29) is 11.5 Å². The van der Waals surface area contributed by atoms with Gasteiger partial charge in [-0.25, -0.2) is 8.91 Å². The molecule has 2 aromatic heterocycles. The minimum atomic E-state index is -0.414. The Balaban J connectivity index is 1.70. The van der Waals surface area contributed by atoms with Crippen LogP contribution in [0.25, 0.3) is 16.8 Å². The van der Waals surface area contributed by atoms with Crippen LogP contribution < -0.4 is 5.32 Å². The summed E-state index contributed by atoms with van der Waals surface area (Å²) in [5.74, 6) is -0.736. The molecule has 0 radical (unpaired) electrons. The second-order valence-corrected chi connectivity index (χ2v) is 6.34. The van der Waals surface area contributed by atoms with Crippen molar-refractivity contribution in [3.8, 4) is 11.1 Å². The average Bonchev–Trinajstić information content (AvgIpc) is 3.07. The van der Waals surface area contributed by atoms with Gasteiger partial charge in [-0.2, -0.15) is 5.10 Å². The summed E-state index contributed by atoms with van der Waals surface area (Å²) < 4.78 is 14.7. The lowest BCUT2D eigenvalue weighted by Gasteiger charge is -2.08. The number of nitrogens with one attached hydrogen (secondary N) is 1. The molecule has 0 saturated heterocycles. The smallest absolute Gasteiger partial charge is 0.278 e. The lowest BCUT2D eigenvalue weighted by Crippen LogP contribution is -2.18. The summed E-state index contributed by atoms with van der Waals surface area (Å²) in [5.41, 5.74) is 3.19. The molecule has 0 aliphatic carbocycles. The summed E-state index contributed by atoms with van der Waals surface area (Å²) in [4.78, 5) is 12.6. The largest absolute Gasteiger partial charge is 0.320 e. The first-order valence-corrected chi connectivity index (χ1v) is 8.44. The number of aromatic nitrogens is 4. The van der Waals surface area contributed by atoms with Crippen LogP contribution in [-0.4, -0.2) is 25.7 Å². The van der Waals surface area contributed by atoms with Crippen molar-refractivity contribution in [3.05, 3.63) is 77.0 Å². The van der Waals surface area contributed by atoms with Crippen LogP contribution in [0.5, 0.6) is 0 Å². The summed E-state index contributed by atoms with van der Waals surface area (Å²) in [7, 11) is 0. The highest BCUT2D eigenvalue weighted by molar-refractivity contribution is 6.30. The second-order valence-electron chi connectivity index (χ2n) is 5.90. The number of anilines is 1. The molecule has 1 amide bonds. The van der Waals surface area contributed by atoms with Crippen molar-refractivity contribution < 1.29 is 9.18 Å². The third-order valence-electron chi connectivity index (χ3n) is 4.10. The third-order valence-corrected chi connectivity index (χ3v) is 4.34. The number of fused-ring (bicyclic) bond motifs is 1. The summed E-state index contributed by atoms with van der Waals surface area (Å²) in [5, 5.41) is 15.8. The first-order chi connectivity index (χ1) is 13.0. The number of rotatable bonds is 3. The van der Waals surface area contributed by atoms with E-state index in [4.69, 9.17) is 11.6 Å². The monoisotopic (exact) mass is 381 g/mol. The quantitative estimate of drug-likeness (QED) is 0.578. The van der Waals surface area contributed by atoms with E-state index in [0.717, 1.165) is 5.56 Å². The maximum Gasteiger partial charge on any atom is 0.278 e. The lowest BCUT2D eigenvalue weighted by molar-refractivity contribution is 0.102. The fraction of sp³-hybridized carbons (Fsp3) is 0.0526. The van der Waals surface area contributed by atoms with E-state index >= 15 is 0 Å². The van der Waals surface area contributed by atoms with Crippen LogP contribution in [0.15, 0.2) is 54.7 Å². The molecule has 4 aromatic rings. The fourth-order valence-electron chi connectivity index (χ4n) is 2.75. The molecule has 27 heavy (non-hydrogen) atoms. The van der Waals surface area contributed by atoms with Gasteiger partial charge in [0.2, 0.25) is 0 Å². The van der Waals surface area contributed by atoms with Crippen molar-refractivity contribution in [3.63, 3.8) is 0 Å². The van der Waals surface area contributed by atoms with Gasteiger partial charge < -0.3 is 5.32 Å². The molecule has 0 unspecified atom stereocenters. The standard InChI is InChI=1S/C19H13ClFN5O/c1-11-17(19(27)23-15-4-2-3-13(20)9-15)24-25-18-16(10-22-26(11)18)12-5-7-14(21)8-6-12/h2-10H,1H3,(H,23,27). The molecule has 0 aliphatic heterocycles. The molecule has 1 N–H and O–H groups in total.